The smallest absolute Gasteiger partial charge is 0.416 e. The van der Waals surface area contributed by atoms with Crippen LogP contribution in [0.25, 0.3) is 0 Å². The summed E-state index contributed by atoms with van der Waals surface area (Å²) in [6.45, 7) is 1.63. The Kier molecular flexibility index (Phi) is 3.64. The topological polar surface area (TPSA) is 49.8 Å². The van der Waals surface area contributed by atoms with E-state index in [-0.39, 0.29) is 19.7 Å². The lowest BCUT2D eigenvalue weighted by Gasteiger charge is -2.18. The minimum atomic E-state index is -4.37. The minimum absolute atomic E-state index is 0.145. The fraction of sp³-hybridized carbons (Fsp3) is 0.462. The van der Waals surface area contributed by atoms with Crippen molar-refractivity contribution >= 4 is 6.09 Å². The minimum Gasteiger partial charge on any atom is -0.439 e. The van der Waals surface area contributed by atoms with E-state index in [1.54, 1.807) is 6.92 Å². The number of carbonyl (C=O) groups excluding carboxylic acids is 1. The largest absolute Gasteiger partial charge is 0.439 e. The zero-order chi connectivity index (χ0) is 15.0. The van der Waals surface area contributed by atoms with Crippen molar-refractivity contribution in [3.8, 4) is 0 Å². The summed E-state index contributed by atoms with van der Waals surface area (Å²) in [7, 11) is 0. The molecule has 1 aromatic rings. The van der Waals surface area contributed by atoms with Gasteiger partial charge in [-0.3, -0.25) is 4.90 Å². The van der Waals surface area contributed by atoms with Gasteiger partial charge >= 0.3 is 12.3 Å². The predicted molar refractivity (Wildman–Crippen MR) is 63.8 cm³/mol. The van der Waals surface area contributed by atoms with Crippen LogP contribution >= 0.6 is 0 Å². The number of halogens is 3. The van der Waals surface area contributed by atoms with Crippen LogP contribution in [0, 0.1) is 0 Å². The van der Waals surface area contributed by atoms with E-state index in [0.29, 0.717) is 5.56 Å². The Morgan fingerprint density at radius 3 is 2.40 bits per heavy atom. The molecule has 110 valence electrons. The van der Waals surface area contributed by atoms with Gasteiger partial charge in [-0.15, -0.1) is 0 Å². The van der Waals surface area contributed by atoms with Crippen molar-refractivity contribution in [3.63, 3.8) is 0 Å². The Morgan fingerprint density at radius 2 is 1.95 bits per heavy atom. The molecule has 0 aromatic heterocycles. The molecule has 4 nitrogen and oxygen atoms in total. The Hall–Kier alpha value is -1.76. The van der Waals surface area contributed by atoms with Crippen LogP contribution in [-0.4, -0.2) is 34.9 Å². The Morgan fingerprint density at radius 1 is 1.35 bits per heavy atom. The number of benzene rings is 1. The van der Waals surface area contributed by atoms with Gasteiger partial charge < -0.3 is 9.84 Å². The number of hydrogen-bond donors (Lipinski definition) is 1. The number of cyclic esters (lactones) is 1. The van der Waals surface area contributed by atoms with Crippen molar-refractivity contribution in [2.45, 2.75) is 25.2 Å². The fourth-order valence-electron chi connectivity index (χ4n) is 2.00. The van der Waals surface area contributed by atoms with E-state index in [1.807, 2.05) is 0 Å². The quantitative estimate of drug-likeness (QED) is 0.929. The molecule has 1 unspecified atom stereocenters. The molecule has 0 bridgehead atoms. The average Bonchev–Trinajstić information content (AvgIpc) is 2.65. The van der Waals surface area contributed by atoms with Crippen LogP contribution in [-0.2, 0) is 17.5 Å². The first-order valence-electron chi connectivity index (χ1n) is 5.98. The second-order valence-electron chi connectivity index (χ2n) is 5.03. The third-order valence-corrected chi connectivity index (χ3v) is 3.11. The van der Waals surface area contributed by atoms with E-state index in [2.05, 4.69) is 0 Å². The molecule has 1 aliphatic rings. The van der Waals surface area contributed by atoms with Crippen LogP contribution in [0.5, 0.6) is 0 Å². The molecule has 1 saturated heterocycles. The molecule has 1 aliphatic heterocycles. The first-order valence-corrected chi connectivity index (χ1v) is 5.98. The fourth-order valence-corrected chi connectivity index (χ4v) is 2.00. The molecule has 1 heterocycles. The summed E-state index contributed by atoms with van der Waals surface area (Å²) < 4.78 is 42.3. The SMILES string of the molecule is CC1(CO)CN(Cc2ccc(C(F)(F)F)cc2)C(=O)O1. The molecule has 1 N–H and O–H groups in total. The number of ether oxygens (including phenoxy) is 1. The summed E-state index contributed by atoms with van der Waals surface area (Å²) >= 11 is 0. The van der Waals surface area contributed by atoms with Gasteiger partial charge in [-0.2, -0.15) is 13.2 Å². The van der Waals surface area contributed by atoms with Crippen LogP contribution < -0.4 is 0 Å². The van der Waals surface area contributed by atoms with Crippen LogP contribution in [0.1, 0.15) is 18.1 Å². The number of amides is 1. The first-order chi connectivity index (χ1) is 9.23. The van der Waals surface area contributed by atoms with Gasteiger partial charge in [0.15, 0.2) is 5.60 Å². The Labute approximate surface area is 113 Å². The highest BCUT2D eigenvalue weighted by Crippen LogP contribution is 2.30. The van der Waals surface area contributed by atoms with E-state index in [4.69, 9.17) is 9.84 Å². The summed E-state index contributed by atoms with van der Waals surface area (Å²) in [5.74, 6) is 0. The van der Waals surface area contributed by atoms with Crippen LogP contribution in [0.4, 0.5) is 18.0 Å². The lowest BCUT2D eigenvalue weighted by Crippen LogP contribution is -2.34. The zero-order valence-electron chi connectivity index (χ0n) is 10.8. The van der Waals surface area contributed by atoms with E-state index in [9.17, 15) is 18.0 Å². The third-order valence-electron chi connectivity index (χ3n) is 3.11. The van der Waals surface area contributed by atoms with Gasteiger partial charge in [-0.1, -0.05) is 12.1 Å². The molecule has 1 fully saturated rings. The maximum Gasteiger partial charge on any atom is 0.416 e. The molecule has 0 spiro atoms. The molecular formula is C13H14F3NO3. The van der Waals surface area contributed by atoms with Crippen molar-refractivity contribution in [1.82, 2.24) is 4.90 Å². The van der Waals surface area contributed by atoms with Gasteiger partial charge in [0.1, 0.15) is 0 Å². The normalized spacial score (nSPS) is 23.1. The zero-order valence-corrected chi connectivity index (χ0v) is 10.8. The maximum atomic E-state index is 12.4. The van der Waals surface area contributed by atoms with Crippen molar-refractivity contribution < 1.29 is 27.8 Å². The van der Waals surface area contributed by atoms with Crippen LogP contribution in [0.15, 0.2) is 24.3 Å². The molecular weight excluding hydrogens is 275 g/mol. The number of aliphatic hydroxyl groups excluding tert-OH is 1. The van der Waals surface area contributed by atoms with Crippen molar-refractivity contribution in [2.24, 2.45) is 0 Å². The van der Waals surface area contributed by atoms with E-state index >= 15 is 0 Å². The lowest BCUT2D eigenvalue weighted by atomic mass is 10.1. The third kappa shape index (κ3) is 3.04. The highest BCUT2D eigenvalue weighted by Gasteiger charge is 2.40. The number of nitrogens with zero attached hydrogens (tertiary/aromatic N) is 1. The monoisotopic (exact) mass is 289 g/mol. The molecule has 2 rings (SSSR count). The second-order valence-corrected chi connectivity index (χ2v) is 5.03. The first kappa shape index (κ1) is 14.6. The summed E-state index contributed by atoms with van der Waals surface area (Å²) in [4.78, 5) is 12.9. The number of carbonyl (C=O) groups is 1. The molecule has 7 heteroatoms. The highest BCUT2D eigenvalue weighted by atomic mass is 19.4. The molecule has 0 saturated carbocycles. The number of alkyl halides is 3. The van der Waals surface area contributed by atoms with Gasteiger partial charge in [0, 0.05) is 6.54 Å². The highest BCUT2D eigenvalue weighted by molar-refractivity contribution is 5.70. The van der Waals surface area contributed by atoms with Gasteiger partial charge in [-0.25, -0.2) is 4.79 Å². The summed E-state index contributed by atoms with van der Waals surface area (Å²) in [6, 6.07) is 4.60. The number of hydrogen-bond acceptors (Lipinski definition) is 3. The molecule has 1 aromatic carbocycles. The Balaban J connectivity index is 2.06. The molecule has 0 radical (unpaired) electrons. The molecule has 0 aliphatic carbocycles. The van der Waals surface area contributed by atoms with E-state index < -0.39 is 23.4 Å². The molecule has 1 atom stereocenters. The number of aliphatic hydroxyl groups is 1. The second kappa shape index (κ2) is 4.97. The van der Waals surface area contributed by atoms with Crippen LogP contribution in [0.2, 0.25) is 0 Å². The molecule has 1 amide bonds. The summed E-state index contributed by atoms with van der Waals surface area (Å²) in [6.07, 6.45) is -4.96. The Bertz CT molecular complexity index is 501. The predicted octanol–water partition coefficient (Wildman–Crippen LogP) is 2.41. The van der Waals surface area contributed by atoms with Gasteiger partial charge in [0.05, 0.1) is 18.7 Å². The van der Waals surface area contributed by atoms with Gasteiger partial charge in [0.2, 0.25) is 0 Å². The summed E-state index contributed by atoms with van der Waals surface area (Å²) in [5, 5.41) is 9.12. The average molecular weight is 289 g/mol. The van der Waals surface area contributed by atoms with Crippen molar-refractivity contribution in [2.75, 3.05) is 13.2 Å². The molecule has 20 heavy (non-hydrogen) atoms. The van der Waals surface area contributed by atoms with Crippen molar-refractivity contribution in [3.05, 3.63) is 35.4 Å². The number of rotatable bonds is 3. The lowest BCUT2D eigenvalue weighted by molar-refractivity contribution is -0.137. The van der Waals surface area contributed by atoms with Crippen molar-refractivity contribution in [1.29, 1.82) is 0 Å². The maximum absolute atomic E-state index is 12.4. The van der Waals surface area contributed by atoms with Gasteiger partial charge in [0.25, 0.3) is 0 Å². The summed E-state index contributed by atoms with van der Waals surface area (Å²) in [5.41, 5.74) is -1.12. The van der Waals surface area contributed by atoms with E-state index in [1.165, 1.54) is 17.0 Å². The standard InChI is InChI=1S/C13H14F3NO3/c1-12(8-18)7-17(11(19)20-12)6-9-2-4-10(5-3-9)13(14,15)16/h2-5,18H,6-8H2,1H3. The van der Waals surface area contributed by atoms with E-state index in [0.717, 1.165) is 12.1 Å². The van der Waals surface area contributed by atoms with Crippen LogP contribution in [0.3, 0.4) is 0 Å². The van der Waals surface area contributed by atoms with Gasteiger partial charge in [-0.05, 0) is 24.6 Å².